The number of fused-ring (bicyclic) bond motifs is 1. The van der Waals surface area contributed by atoms with Crippen molar-refractivity contribution in [1.82, 2.24) is 14.3 Å². The molecule has 1 unspecified atom stereocenters. The molecular formula is C26H33N3O4. The minimum atomic E-state index is -0.446. The van der Waals surface area contributed by atoms with Crippen molar-refractivity contribution in [2.75, 3.05) is 26.2 Å². The van der Waals surface area contributed by atoms with Crippen molar-refractivity contribution in [3.63, 3.8) is 0 Å². The maximum Gasteiger partial charge on any atom is 0.307 e. The van der Waals surface area contributed by atoms with Crippen molar-refractivity contribution < 1.29 is 19.0 Å². The number of benzene rings is 1. The monoisotopic (exact) mass is 451 g/mol. The van der Waals surface area contributed by atoms with Gasteiger partial charge in [-0.05, 0) is 57.0 Å². The van der Waals surface area contributed by atoms with E-state index < -0.39 is 5.60 Å². The zero-order valence-electron chi connectivity index (χ0n) is 19.9. The van der Waals surface area contributed by atoms with Gasteiger partial charge in [0.2, 0.25) is 0 Å². The van der Waals surface area contributed by atoms with Crippen LogP contribution in [-0.4, -0.2) is 52.1 Å². The number of carbonyl (C=O) groups excluding carboxylic acids is 1. The zero-order chi connectivity index (χ0) is 23.4. The average Bonchev–Trinajstić information content (AvgIpc) is 3.18. The number of carbonyl (C=O) groups is 1. The largest absolute Gasteiger partial charge is 0.487 e. The van der Waals surface area contributed by atoms with E-state index >= 15 is 0 Å². The molecule has 7 nitrogen and oxygen atoms in total. The van der Waals surface area contributed by atoms with Crippen molar-refractivity contribution in [2.24, 2.45) is 0 Å². The van der Waals surface area contributed by atoms with E-state index in [9.17, 15) is 4.79 Å². The van der Waals surface area contributed by atoms with Crippen molar-refractivity contribution in [2.45, 2.75) is 52.4 Å². The van der Waals surface area contributed by atoms with Crippen LogP contribution in [0.1, 0.15) is 50.1 Å². The maximum atomic E-state index is 12.0. The van der Waals surface area contributed by atoms with Crippen LogP contribution in [0.4, 0.5) is 0 Å². The standard InChI is InChI=1S/C26H33N3O4/c1-19-5-10-24-27-21(16-29(24)15-19)18-32-22-8-6-20(7-9-22)23-17-28(13-14-31-23)12-11-25(30)33-26(2,3)4/h5-10,15-16,23H,11-14,17-18H2,1-4H3. The number of esters is 1. The first kappa shape index (κ1) is 23.3. The molecule has 0 aliphatic carbocycles. The number of aryl methyl sites for hydroxylation is 1. The highest BCUT2D eigenvalue weighted by Gasteiger charge is 2.23. The van der Waals surface area contributed by atoms with Crippen molar-refractivity contribution in [3.05, 3.63) is 65.6 Å². The molecular weight excluding hydrogens is 418 g/mol. The van der Waals surface area contributed by atoms with E-state index in [1.807, 2.05) is 61.7 Å². The Labute approximate surface area is 195 Å². The molecule has 1 aliphatic heterocycles. The highest BCUT2D eigenvalue weighted by atomic mass is 16.6. The molecule has 33 heavy (non-hydrogen) atoms. The summed E-state index contributed by atoms with van der Waals surface area (Å²) in [6.07, 6.45) is 4.42. The lowest BCUT2D eigenvalue weighted by molar-refractivity contribution is -0.155. The van der Waals surface area contributed by atoms with Crippen LogP contribution in [0, 0.1) is 6.92 Å². The Morgan fingerprint density at radius 3 is 2.70 bits per heavy atom. The molecule has 176 valence electrons. The molecule has 0 radical (unpaired) electrons. The molecule has 1 saturated heterocycles. The van der Waals surface area contributed by atoms with Gasteiger partial charge in [0.1, 0.15) is 23.6 Å². The number of hydrogen-bond donors (Lipinski definition) is 0. The van der Waals surface area contributed by atoms with Crippen LogP contribution in [0.2, 0.25) is 0 Å². The SMILES string of the molecule is Cc1ccc2nc(COc3ccc(C4CN(CCC(=O)OC(C)(C)C)CCO4)cc3)cn2c1. The van der Waals surface area contributed by atoms with Gasteiger partial charge in [0, 0.05) is 32.0 Å². The van der Waals surface area contributed by atoms with Gasteiger partial charge < -0.3 is 18.6 Å². The summed E-state index contributed by atoms with van der Waals surface area (Å²) < 4.78 is 19.4. The van der Waals surface area contributed by atoms with Gasteiger partial charge in [-0.1, -0.05) is 18.2 Å². The number of nitrogens with zero attached hydrogens (tertiary/aromatic N) is 3. The summed E-state index contributed by atoms with van der Waals surface area (Å²) in [6, 6.07) is 12.1. The summed E-state index contributed by atoms with van der Waals surface area (Å²) in [7, 11) is 0. The number of hydrogen-bond acceptors (Lipinski definition) is 6. The second-order valence-corrected chi connectivity index (χ2v) is 9.56. The minimum absolute atomic E-state index is 0.0203. The van der Waals surface area contributed by atoms with Crippen LogP contribution in [0.5, 0.6) is 5.75 Å². The van der Waals surface area contributed by atoms with E-state index in [1.165, 1.54) is 5.56 Å². The molecule has 2 aromatic heterocycles. The zero-order valence-corrected chi connectivity index (χ0v) is 19.9. The van der Waals surface area contributed by atoms with Gasteiger partial charge in [0.15, 0.2) is 0 Å². The fourth-order valence-electron chi connectivity index (χ4n) is 3.91. The molecule has 0 bridgehead atoms. The summed E-state index contributed by atoms with van der Waals surface area (Å²) >= 11 is 0. The Hall–Kier alpha value is -2.90. The van der Waals surface area contributed by atoms with Crippen LogP contribution in [0.3, 0.4) is 0 Å². The summed E-state index contributed by atoms with van der Waals surface area (Å²) in [5.41, 5.74) is 3.66. The third-order valence-corrected chi connectivity index (χ3v) is 5.49. The van der Waals surface area contributed by atoms with E-state index in [2.05, 4.69) is 29.1 Å². The number of ether oxygens (including phenoxy) is 3. The number of aromatic nitrogens is 2. The van der Waals surface area contributed by atoms with E-state index in [0.29, 0.717) is 26.2 Å². The predicted molar refractivity (Wildman–Crippen MR) is 126 cm³/mol. The van der Waals surface area contributed by atoms with Crippen molar-refractivity contribution in [1.29, 1.82) is 0 Å². The van der Waals surface area contributed by atoms with Gasteiger partial charge in [-0.3, -0.25) is 9.69 Å². The van der Waals surface area contributed by atoms with Crippen LogP contribution >= 0.6 is 0 Å². The van der Waals surface area contributed by atoms with Gasteiger partial charge in [0.25, 0.3) is 0 Å². The molecule has 3 aromatic rings. The van der Waals surface area contributed by atoms with Crippen LogP contribution < -0.4 is 4.74 Å². The Balaban J connectivity index is 1.28. The van der Waals surface area contributed by atoms with Gasteiger partial charge in [-0.15, -0.1) is 0 Å². The summed E-state index contributed by atoms with van der Waals surface area (Å²) in [6.45, 7) is 11.0. The van der Waals surface area contributed by atoms with E-state index in [0.717, 1.165) is 35.7 Å². The lowest BCUT2D eigenvalue weighted by atomic mass is 10.1. The molecule has 1 aliphatic rings. The fraction of sp³-hybridized carbons (Fsp3) is 0.462. The minimum Gasteiger partial charge on any atom is -0.487 e. The molecule has 0 saturated carbocycles. The third kappa shape index (κ3) is 6.55. The molecule has 1 aromatic carbocycles. The fourth-order valence-corrected chi connectivity index (χ4v) is 3.91. The molecule has 7 heteroatoms. The van der Waals surface area contributed by atoms with Crippen LogP contribution in [-0.2, 0) is 20.9 Å². The van der Waals surface area contributed by atoms with E-state index in [-0.39, 0.29) is 12.1 Å². The number of rotatable bonds is 7. The van der Waals surface area contributed by atoms with Crippen LogP contribution in [0.25, 0.3) is 5.65 Å². The van der Waals surface area contributed by atoms with Crippen molar-refractivity contribution >= 4 is 11.6 Å². The number of morpholine rings is 1. The lowest BCUT2D eigenvalue weighted by Crippen LogP contribution is -2.39. The number of pyridine rings is 1. The molecule has 1 fully saturated rings. The highest BCUT2D eigenvalue weighted by molar-refractivity contribution is 5.70. The molecule has 4 rings (SSSR count). The Bertz CT molecular complexity index is 1090. The molecule has 0 amide bonds. The quantitative estimate of drug-likeness (QED) is 0.498. The summed E-state index contributed by atoms with van der Waals surface area (Å²) in [4.78, 5) is 18.9. The maximum absolute atomic E-state index is 12.0. The van der Waals surface area contributed by atoms with Crippen LogP contribution in [0.15, 0.2) is 48.8 Å². The van der Waals surface area contributed by atoms with Gasteiger partial charge in [-0.2, -0.15) is 0 Å². The lowest BCUT2D eigenvalue weighted by Gasteiger charge is -2.33. The van der Waals surface area contributed by atoms with E-state index in [1.54, 1.807) is 0 Å². The number of imidazole rings is 1. The topological polar surface area (TPSA) is 65.3 Å². The van der Waals surface area contributed by atoms with Gasteiger partial charge in [-0.25, -0.2) is 4.98 Å². The second-order valence-electron chi connectivity index (χ2n) is 9.56. The smallest absolute Gasteiger partial charge is 0.307 e. The summed E-state index contributed by atoms with van der Waals surface area (Å²) in [5.74, 6) is 0.636. The Morgan fingerprint density at radius 1 is 1.15 bits per heavy atom. The second kappa shape index (κ2) is 9.93. The third-order valence-electron chi connectivity index (χ3n) is 5.49. The highest BCUT2D eigenvalue weighted by Crippen LogP contribution is 2.25. The molecule has 1 atom stereocenters. The average molecular weight is 452 g/mol. The van der Waals surface area contributed by atoms with E-state index in [4.69, 9.17) is 14.2 Å². The normalized spacial score (nSPS) is 17.3. The Kier molecular flexibility index (Phi) is 7.00. The Morgan fingerprint density at radius 2 is 1.94 bits per heavy atom. The molecule has 0 N–H and O–H groups in total. The predicted octanol–water partition coefficient (Wildman–Crippen LogP) is 4.33. The summed E-state index contributed by atoms with van der Waals surface area (Å²) in [5, 5.41) is 0. The van der Waals surface area contributed by atoms with Gasteiger partial charge >= 0.3 is 5.97 Å². The first-order valence-electron chi connectivity index (χ1n) is 11.5. The molecule has 3 heterocycles. The first-order chi connectivity index (χ1) is 15.7. The van der Waals surface area contributed by atoms with Gasteiger partial charge in [0.05, 0.1) is 24.8 Å². The first-order valence-corrected chi connectivity index (χ1v) is 11.5. The van der Waals surface area contributed by atoms with Crippen molar-refractivity contribution in [3.8, 4) is 5.75 Å². The molecule has 0 spiro atoms.